The van der Waals surface area contributed by atoms with E-state index in [1.165, 1.54) is 44.1 Å². The van der Waals surface area contributed by atoms with Crippen molar-refractivity contribution in [2.75, 3.05) is 7.05 Å². The Labute approximate surface area is 114 Å². The second kappa shape index (κ2) is 6.93. The minimum atomic E-state index is 0.313. The van der Waals surface area contributed by atoms with Crippen LogP contribution in [0.3, 0.4) is 0 Å². The molecule has 1 saturated carbocycles. The molecule has 0 atom stereocenters. The number of nitrogens with zero attached hydrogens (tertiary/aromatic N) is 1. The van der Waals surface area contributed by atoms with Crippen LogP contribution in [0.2, 0.25) is 0 Å². The van der Waals surface area contributed by atoms with Crippen molar-refractivity contribution in [3.05, 3.63) is 22.4 Å². The van der Waals surface area contributed by atoms with Crippen molar-refractivity contribution in [1.82, 2.24) is 4.90 Å². The fourth-order valence-corrected chi connectivity index (χ4v) is 3.41. The zero-order valence-electron chi connectivity index (χ0n) is 11.2. The smallest absolute Gasteiger partial charge is 0.222 e. The standard InChI is InChI=1S/C15H23NOS/c1-16(14-6-4-2-3-5-7-14)15(17)9-8-13-10-11-18-12-13/h10-12,14H,2-9H2,1H3. The number of thiophene rings is 1. The van der Waals surface area contributed by atoms with Crippen LogP contribution in [0, 0.1) is 0 Å². The Bertz CT molecular complexity index is 353. The van der Waals surface area contributed by atoms with E-state index >= 15 is 0 Å². The van der Waals surface area contributed by atoms with Gasteiger partial charge in [0.15, 0.2) is 0 Å². The lowest BCUT2D eigenvalue weighted by Crippen LogP contribution is -2.36. The summed E-state index contributed by atoms with van der Waals surface area (Å²) in [6.45, 7) is 0. The summed E-state index contributed by atoms with van der Waals surface area (Å²) in [7, 11) is 1.99. The molecule has 2 nitrogen and oxygen atoms in total. The van der Waals surface area contributed by atoms with E-state index in [0.717, 1.165) is 6.42 Å². The lowest BCUT2D eigenvalue weighted by atomic mass is 10.1. The van der Waals surface area contributed by atoms with Crippen LogP contribution in [-0.4, -0.2) is 23.9 Å². The number of amides is 1. The van der Waals surface area contributed by atoms with Crippen molar-refractivity contribution in [3.8, 4) is 0 Å². The van der Waals surface area contributed by atoms with Crippen molar-refractivity contribution in [2.24, 2.45) is 0 Å². The van der Waals surface area contributed by atoms with Gasteiger partial charge in [-0.3, -0.25) is 4.79 Å². The van der Waals surface area contributed by atoms with Gasteiger partial charge >= 0.3 is 0 Å². The SMILES string of the molecule is CN(C(=O)CCc1ccsc1)C1CCCCCC1. The average Bonchev–Trinajstić information content (AvgIpc) is 2.75. The minimum absolute atomic E-state index is 0.313. The van der Waals surface area contributed by atoms with Gasteiger partial charge in [0.2, 0.25) is 5.91 Å². The fourth-order valence-electron chi connectivity index (χ4n) is 2.71. The topological polar surface area (TPSA) is 20.3 Å². The highest BCUT2D eigenvalue weighted by molar-refractivity contribution is 7.07. The van der Waals surface area contributed by atoms with E-state index in [9.17, 15) is 4.79 Å². The maximum Gasteiger partial charge on any atom is 0.222 e. The van der Waals surface area contributed by atoms with Crippen molar-refractivity contribution < 1.29 is 4.79 Å². The van der Waals surface area contributed by atoms with E-state index in [1.54, 1.807) is 11.3 Å². The summed E-state index contributed by atoms with van der Waals surface area (Å²) in [6, 6.07) is 2.60. The van der Waals surface area contributed by atoms with Crippen LogP contribution in [0.5, 0.6) is 0 Å². The van der Waals surface area contributed by atoms with Crippen LogP contribution in [0.15, 0.2) is 16.8 Å². The van der Waals surface area contributed by atoms with E-state index in [0.29, 0.717) is 18.4 Å². The molecule has 1 aromatic heterocycles. The summed E-state index contributed by atoms with van der Waals surface area (Å²) >= 11 is 1.71. The Morgan fingerprint density at radius 2 is 2.06 bits per heavy atom. The minimum Gasteiger partial charge on any atom is -0.343 e. The quantitative estimate of drug-likeness (QED) is 0.757. The number of carbonyl (C=O) groups is 1. The number of hydrogen-bond donors (Lipinski definition) is 0. The zero-order valence-corrected chi connectivity index (χ0v) is 12.0. The summed E-state index contributed by atoms with van der Waals surface area (Å²) in [5.74, 6) is 0.313. The van der Waals surface area contributed by atoms with E-state index in [4.69, 9.17) is 0 Å². The predicted octanol–water partition coefficient (Wildman–Crippen LogP) is 3.86. The van der Waals surface area contributed by atoms with Crippen LogP contribution in [0.4, 0.5) is 0 Å². The van der Waals surface area contributed by atoms with Crippen LogP contribution in [-0.2, 0) is 11.2 Å². The highest BCUT2D eigenvalue weighted by atomic mass is 32.1. The molecule has 1 aliphatic rings. The Morgan fingerprint density at radius 3 is 2.67 bits per heavy atom. The van der Waals surface area contributed by atoms with Crippen LogP contribution < -0.4 is 0 Å². The highest BCUT2D eigenvalue weighted by Gasteiger charge is 2.20. The molecule has 0 aromatic carbocycles. The number of carbonyl (C=O) groups excluding carboxylic acids is 1. The first-order chi connectivity index (χ1) is 8.77. The normalized spacial score (nSPS) is 17.4. The van der Waals surface area contributed by atoms with Gasteiger partial charge in [0.1, 0.15) is 0 Å². The molecule has 1 fully saturated rings. The summed E-state index contributed by atoms with van der Waals surface area (Å²) in [6.07, 6.45) is 9.19. The molecular formula is C15H23NOS. The van der Waals surface area contributed by atoms with Gasteiger partial charge in [-0.1, -0.05) is 25.7 Å². The highest BCUT2D eigenvalue weighted by Crippen LogP contribution is 2.21. The molecule has 18 heavy (non-hydrogen) atoms. The van der Waals surface area contributed by atoms with Crippen molar-refractivity contribution in [1.29, 1.82) is 0 Å². The molecule has 1 aromatic rings. The summed E-state index contributed by atoms with van der Waals surface area (Å²) < 4.78 is 0. The Hall–Kier alpha value is -0.830. The van der Waals surface area contributed by atoms with Gasteiger partial charge in [0.05, 0.1) is 0 Å². The monoisotopic (exact) mass is 265 g/mol. The van der Waals surface area contributed by atoms with E-state index < -0.39 is 0 Å². The molecule has 0 aliphatic heterocycles. The van der Waals surface area contributed by atoms with Gasteiger partial charge in [-0.05, 0) is 41.7 Å². The molecule has 1 aliphatic carbocycles. The van der Waals surface area contributed by atoms with Gasteiger partial charge in [0, 0.05) is 19.5 Å². The predicted molar refractivity (Wildman–Crippen MR) is 76.9 cm³/mol. The van der Waals surface area contributed by atoms with Crippen LogP contribution in [0.1, 0.15) is 50.5 Å². The maximum absolute atomic E-state index is 12.2. The fraction of sp³-hybridized carbons (Fsp3) is 0.667. The molecule has 1 heterocycles. The summed E-state index contributed by atoms with van der Waals surface area (Å²) in [5.41, 5.74) is 1.29. The Kier molecular flexibility index (Phi) is 5.24. The average molecular weight is 265 g/mol. The van der Waals surface area contributed by atoms with Gasteiger partial charge in [0.25, 0.3) is 0 Å². The molecule has 0 bridgehead atoms. The molecule has 0 saturated heterocycles. The van der Waals surface area contributed by atoms with E-state index in [-0.39, 0.29) is 0 Å². The Morgan fingerprint density at radius 1 is 1.33 bits per heavy atom. The molecule has 0 unspecified atom stereocenters. The van der Waals surface area contributed by atoms with Gasteiger partial charge < -0.3 is 4.90 Å². The van der Waals surface area contributed by atoms with Crippen molar-refractivity contribution in [2.45, 2.75) is 57.4 Å². The first-order valence-electron chi connectivity index (χ1n) is 7.04. The van der Waals surface area contributed by atoms with Crippen molar-refractivity contribution >= 4 is 17.2 Å². The number of hydrogen-bond acceptors (Lipinski definition) is 2. The molecule has 2 rings (SSSR count). The van der Waals surface area contributed by atoms with E-state index in [2.05, 4.69) is 16.8 Å². The van der Waals surface area contributed by atoms with E-state index in [1.807, 2.05) is 11.9 Å². The summed E-state index contributed by atoms with van der Waals surface area (Å²) in [4.78, 5) is 14.2. The third kappa shape index (κ3) is 3.84. The van der Waals surface area contributed by atoms with Crippen LogP contribution in [0.25, 0.3) is 0 Å². The summed E-state index contributed by atoms with van der Waals surface area (Å²) in [5, 5.41) is 4.22. The van der Waals surface area contributed by atoms with Crippen LogP contribution >= 0.6 is 11.3 Å². The third-order valence-corrected chi connectivity index (χ3v) is 4.71. The number of rotatable bonds is 4. The third-order valence-electron chi connectivity index (χ3n) is 3.97. The molecule has 0 spiro atoms. The second-order valence-corrected chi connectivity index (χ2v) is 6.06. The molecular weight excluding hydrogens is 242 g/mol. The first kappa shape index (κ1) is 13.6. The second-order valence-electron chi connectivity index (χ2n) is 5.28. The zero-order chi connectivity index (χ0) is 12.8. The molecule has 100 valence electrons. The molecule has 1 amide bonds. The lowest BCUT2D eigenvalue weighted by molar-refractivity contribution is -0.132. The molecule has 0 radical (unpaired) electrons. The first-order valence-corrected chi connectivity index (χ1v) is 7.98. The number of aryl methyl sites for hydroxylation is 1. The molecule has 3 heteroatoms. The largest absolute Gasteiger partial charge is 0.343 e. The molecule has 0 N–H and O–H groups in total. The van der Waals surface area contributed by atoms with Gasteiger partial charge in [-0.2, -0.15) is 11.3 Å². The van der Waals surface area contributed by atoms with Gasteiger partial charge in [-0.15, -0.1) is 0 Å². The van der Waals surface area contributed by atoms with Gasteiger partial charge in [-0.25, -0.2) is 0 Å². The van der Waals surface area contributed by atoms with Crippen molar-refractivity contribution in [3.63, 3.8) is 0 Å². The maximum atomic E-state index is 12.2. The Balaban J connectivity index is 1.79. The lowest BCUT2D eigenvalue weighted by Gasteiger charge is -2.27.